The van der Waals surface area contributed by atoms with Crippen molar-refractivity contribution in [2.45, 2.75) is 32.1 Å². The monoisotopic (exact) mass is 287 g/mol. The van der Waals surface area contributed by atoms with Crippen LogP contribution >= 0.6 is 0 Å². The molecule has 2 fully saturated rings. The van der Waals surface area contributed by atoms with Gasteiger partial charge in [-0.2, -0.15) is 0 Å². The Hall–Kier alpha value is -1.88. The lowest BCUT2D eigenvalue weighted by Crippen LogP contribution is -2.49. The van der Waals surface area contributed by atoms with Gasteiger partial charge in [0.1, 0.15) is 0 Å². The number of anilines is 1. The van der Waals surface area contributed by atoms with E-state index in [4.69, 9.17) is 0 Å². The van der Waals surface area contributed by atoms with Crippen molar-refractivity contribution < 1.29 is 9.59 Å². The van der Waals surface area contributed by atoms with Crippen LogP contribution in [0.5, 0.6) is 0 Å². The lowest BCUT2D eigenvalue weighted by molar-refractivity contribution is -0.120. The van der Waals surface area contributed by atoms with Gasteiger partial charge in [0.05, 0.1) is 0 Å². The molecule has 2 saturated heterocycles. The maximum absolute atomic E-state index is 11.9. The minimum Gasteiger partial charge on any atom is -0.317 e. The number of rotatable bonds is 2. The Morgan fingerprint density at radius 3 is 2.62 bits per heavy atom. The van der Waals surface area contributed by atoms with Crippen LogP contribution in [0, 0.1) is 6.92 Å². The van der Waals surface area contributed by atoms with Crippen LogP contribution in [0.2, 0.25) is 0 Å². The molecule has 2 aliphatic rings. The number of piperidine rings is 1. The fourth-order valence-corrected chi connectivity index (χ4v) is 3.18. The van der Waals surface area contributed by atoms with Gasteiger partial charge in [0.25, 0.3) is 0 Å². The summed E-state index contributed by atoms with van der Waals surface area (Å²) < 4.78 is 0. The van der Waals surface area contributed by atoms with Crippen LogP contribution in [0.3, 0.4) is 0 Å². The largest absolute Gasteiger partial charge is 0.328 e. The summed E-state index contributed by atoms with van der Waals surface area (Å²) in [7, 11) is 0. The Morgan fingerprint density at radius 1 is 1.19 bits per heavy atom. The quantitative estimate of drug-likeness (QED) is 0.873. The van der Waals surface area contributed by atoms with E-state index in [1.165, 1.54) is 5.56 Å². The molecular weight excluding hydrogens is 266 g/mol. The summed E-state index contributed by atoms with van der Waals surface area (Å²) in [5.74, 6) is 0.413. The van der Waals surface area contributed by atoms with E-state index in [1.807, 2.05) is 13.0 Å². The average Bonchev–Trinajstić information content (AvgIpc) is 2.49. The number of aryl methyl sites for hydroxylation is 1. The van der Waals surface area contributed by atoms with Crippen molar-refractivity contribution in [3.05, 3.63) is 29.3 Å². The highest BCUT2D eigenvalue weighted by Gasteiger charge is 2.25. The zero-order valence-corrected chi connectivity index (χ0v) is 12.3. The molecule has 1 aromatic carbocycles. The summed E-state index contributed by atoms with van der Waals surface area (Å²) in [6, 6.07) is 6.02. The number of carbonyl (C=O) groups is 2. The number of hydrogen-bond acceptors (Lipinski definition) is 3. The summed E-state index contributed by atoms with van der Waals surface area (Å²) in [5, 5.41) is 5.75. The Balaban J connectivity index is 1.81. The SMILES string of the molecule is Cc1cc(C2CCNCC2)ccc1N1CCC(=O)NC1=O. The predicted molar refractivity (Wildman–Crippen MR) is 81.5 cm³/mol. The summed E-state index contributed by atoms with van der Waals surface area (Å²) in [6.07, 6.45) is 2.69. The number of urea groups is 1. The summed E-state index contributed by atoms with van der Waals surface area (Å²) in [6.45, 7) is 4.63. The minimum absolute atomic E-state index is 0.194. The minimum atomic E-state index is -0.316. The molecule has 0 atom stereocenters. The molecule has 2 aliphatic heterocycles. The first kappa shape index (κ1) is 14.1. The molecule has 5 heteroatoms. The first-order valence-electron chi connectivity index (χ1n) is 7.58. The van der Waals surface area contributed by atoms with Crippen LogP contribution in [0.25, 0.3) is 0 Å². The highest BCUT2D eigenvalue weighted by Crippen LogP contribution is 2.30. The molecule has 3 amide bonds. The number of nitrogens with one attached hydrogen (secondary N) is 2. The molecule has 0 unspecified atom stereocenters. The van der Waals surface area contributed by atoms with Crippen molar-refractivity contribution in [2.24, 2.45) is 0 Å². The van der Waals surface area contributed by atoms with E-state index < -0.39 is 0 Å². The highest BCUT2D eigenvalue weighted by molar-refractivity contribution is 6.05. The number of amides is 3. The molecule has 3 rings (SSSR count). The smallest absolute Gasteiger partial charge is 0.317 e. The standard InChI is InChI=1S/C16H21N3O2/c1-11-10-13(12-4-7-17-8-5-12)2-3-14(11)19-9-6-15(20)18-16(19)21/h2-3,10,12,17H,4-9H2,1H3,(H,18,20,21). The van der Waals surface area contributed by atoms with Crippen LogP contribution in [-0.2, 0) is 4.79 Å². The molecule has 2 heterocycles. The molecule has 112 valence electrons. The van der Waals surface area contributed by atoms with Crippen LogP contribution in [-0.4, -0.2) is 31.6 Å². The van der Waals surface area contributed by atoms with Gasteiger partial charge < -0.3 is 5.32 Å². The van der Waals surface area contributed by atoms with E-state index >= 15 is 0 Å². The highest BCUT2D eigenvalue weighted by atomic mass is 16.2. The fraction of sp³-hybridized carbons (Fsp3) is 0.500. The van der Waals surface area contributed by atoms with Crippen molar-refractivity contribution in [3.8, 4) is 0 Å². The van der Waals surface area contributed by atoms with E-state index in [-0.39, 0.29) is 11.9 Å². The van der Waals surface area contributed by atoms with Gasteiger partial charge in [-0.25, -0.2) is 4.79 Å². The second-order valence-corrected chi connectivity index (χ2v) is 5.83. The van der Waals surface area contributed by atoms with E-state index in [1.54, 1.807) is 4.90 Å². The van der Waals surface area contributed by atoms with E-state index in [0.717, 1.165) is 37.2 Å². The lowest BCUT2D eigenvalue weighted by Gasteiger charge is -2.29. The number of imide groups is 1. The van der Waals surface area contributed by atoms with Gasteiger partial charge in [-0.3, -0.25) is 15.0 Å². The Morgan fingerprint density at radius 2 is 1.95 bits per heavy atom. The molecule has 0 radical (unpaired) electrons. The molecule has 0 aliphatic carbocycles. The first-order chi connectivity index (χ1) is 10.1. The maximum Gasteiger partial charge on any atom is 0.328 e. The Bertz CT molecular complexity index is 565. The zero-order valence-electron chi connectivity index (χ0n) is 12.3. The molecule has 1 aromatic rings. The van der Waals surface area contributed by atoms with Gasteiger partial charge in [0.15, 0.2) is 0 Å². The number of carbonyl (C=O) groups excluding carboxylic acids is 2. The van der Waals surface area contributed by atoms with Crippen molar-refractivity contribution in [2.75, 3.05) is 24.5 Å². The van der Waals surface area contributed by atoms with Gasteiger partial charge in [-0.15, -0.1) is 0 Å². The van der Waals surface area contributed by atoms with Crippen molar-refractivity contribution in [1.82, 2.24) is 10.6 Å². The maximum atomic E-state index is 11.9. The number of hydrogen-bond donors (Lipinski definition) is 2. The third-order valence-corrected chi connectivity index (χ3v) is 4.38. The molecule has 0 spiro atoms. The third kappa shape index (κ3) is 2.93. The lowest BCUT2D eigenvalue weighted by atomic mass is 9.89. The normalized spacial score (nSPS) is 20.5. The van der Waals surface area contributed by atoms with Gasteiger partial charge in [0.2, 0.25) is 5.91 Å². The van der Waals surface area contributed by atoms with E-state index in [0.29, 0.717) is 18.9 Å². The van der Waals surface area contributed by atoms with Crippen LogP contribution in [0.4, 0.5) is 10.5 Å². The van der Waals surface area contributed by atoms with Gasteiger partial charge >= 0.3 is 6.03 Å². The predicted octanol–water partition coefficient (Wildman–Crippen LogP) is 1.91. The van der Waals surface area contributed by atoms with Crippen molar-refractivity contribution >= 4 is 17.6 Å². The Labute approximate surface area is 124 Å². The van der Waals surface area contributed by atoms with E-state index in [2.05, 4.69) is 22.8 Å². The number of benzene rings is 1. The fourth-order valence-electron chi connectivity index (χ4n) is 3.18. The third-order valence-electron chi connectivity index (χ3n) is 4.38. The zero-order chi connectivity index (χ0) is 14.8. The number of nitrogens with zero attached hydrogens (tertiary/aromatic N) is 1. The van der Waals surface area contributed by atoms with Crippen LogP contribution in [0.1, 0.15) is 36.3 Å². The van der Waals surface area contributed by atoms with Crippen molar-refractivity contribution in [3.63, 3.8) is 0 Å². The molecule has 5 nitrogen and oxygen atoms in total. The average molecular weight is 287 g/mol. The van der Waals surface area contributed by atoms with Crippen LogP contribution < -0.4 is 15.5 Å². The molecule has 0 bridgehead atoms. The summed E-state index contributed by atoms with van der Waals surface area (Å²) in [5.41, 5.74) is 3.35. The van der Waals surface area contributed by atoms with Gasteiger partial charge in [-0.1, -0.05) is 12.1 Å². The van der Waals surface area contributed by atoms with Crippen molar-refractivity contribution in [1.29, 1.82) is 0 Å². The summed E-state index contributed by atoms with van der Waals surface area (Å²) >= 11 is 0. The first-order valence-corrected chi connectivity index (χ1v) is 7.58. The Kier molecular flexibility index (Phi) is 3.92. The molecule has 2 N–H and O–H groups in total. The second kappa shape index (κ2) is 5.85. The van der Waals surface area contributed by atoms with Gasteiger partial charge in [0, 0.05) is 18.7 Å². The van der Waals surface area contributed by atoms with Gasteiger partial charge in [-0.05, 0) is 56.0 Å². The molecule has 21 heavy (non-hydrogen) atoms. The van der Waals surface area contributed by atoms with Crippen LogP contribution in [0.15, 0.2) is 18.2 Å². The topological polar surface area (TPSA) is 61.4 Å². The molecular formula is C16H21N3O2. The molecule has 0 saturated carbocycles. The summed E-state index contributed by atoms with van der Waals surface area (Å²) in [4.78, 5) is 24.8. The molecule has 0 aromatic heterocycles. The van der Waals surface area contributed by atoms with E-state index in [9.17, 15) is 9.59 Å². The second-order valence-electron chi connectivity index (χ2n) is 5.83.